The quantitative estimate of drug-likeness (QED) is 0.154. The lowest BCUT2D eigenvalue weighted by molar-refractivity contribution is -0.122. The molecule has 7 N–H and O–H groups in total. The van der Waals surface area contributed by atoms with Crippen molar-refractivity contribution in [3.8, 4) is 11.3 Å². The summed E-state index contributed by atoms with van der Waals surface area (Å²) in [5.74, 6) is -3.14. The molecule has 0 aliphatic carbocycles. The number of sulfonamides is 2. The van der Waals surface area contributed by atoms with E-state index in [1.165, 1.54) is 54.7 Å². The second kappa shape index (κ2) is 13.3. The van der Waals surface area contributed by atoms with Gasteiger partial charge in [-0.05, 0) is 67.4 Å². The number of benzene rings is 3. The molecule has 0 aliphatic rings. The number of nitrogen functional groups attached to an aromatic ring is 2. The molecule has 0 bridgehead atoms. The SMILES string of the molecule is CC(=O)NS(=O)(=O)c1ccc(NC(=O)c2nc(-c3ccc(C)cc3CC(C)C(=O)NS(=O)(=O)c3ccc(N)cc3)cnc2N)cc1. The monoisotopic (exact) mass is 665 g/mol. The van der Waals surface area contributed by atoms with Gasteiger partial charge in [0.2, 0.25) is 11.8 Å². The van der Waals surface area contributed by atoms with Gasteiger partial charge in [-0.2, -0.15) is 0 Å². The summed E-state index contributed by atoms with van der Waals surface area (Å²) in [5, 5.41) is 2.59. The van der Waals surface area contributed by atoms with Crippen LogP contribution in [0.1, 0.15) is 35.5 Å². The van der Waals surface area contributed by atoms with Crippen LogP contribution in [-0.4, -0.2) is 44.5 Å². The van der Waals surface area contributed by atoms with Gasteiger partial charge in [0.05, 0.1) is 21.7 Å². The highest BCUT2D eigenvalue weighted by Gasteiger charge is 2.24. The molecular weight excluding hydrogens is 635 g/mol. The van der Waals surface area contributed by atoms with Gasteiger partial charge in [-0.15, -0.1) is 0 Å². The van der Waals surface area contributed by atoms with Crippen LogP contribution in [-0.2, 0) is 36.1 Å². The van der Waals surface area contributed by atoms with Gasteiger partial charge in [0.25, 0.3) is 26.0 Å². The number of nitrogens with two attached hydrogens (primary N) is 2. The number of aromatic nitrogens is 2. The summed E-state index contributed by atoms with van der Waals surface area (Å²) in [6.07, 6.45) is 1.50. The van der Waals surface area contributed by atoms with E-state index in [1.54, 1.807) is 13.0 Å². The van der Waals surface area contributed by atoms with E-state index in [2.05, 4.69) is 20.0 Å². The van der Waals surface area contributed by atoms with Gasteiger partial charge >= 0.3 is 0 Å². The fourth-order valence-corrected chi connectivity index (χ4v) is 6.42. The smallest absolute Gasteiger partial charge is 0.278 e. The molecule has 16 heteroatoms. The summed E-state index contributed by atoms with van der Waals surface area (Å²) in [7, 11) is -8.19. The van der Waals surface area contributed by atoms with Gasteiger partial charge in [0, 0.05) is 29.8 Å². The lowest BCUT2D eigenvalue weighted by Crippen LogP contribution is -2.35. The molecule has 1 heterocycles. The molecule has 240 valence electrons. The Morgan fingerprint density at radius 3 is 2.04 bits per heavy atom. The molecule has 0 saturated carbocycles. The third kappa shape index (κ3) is 8.02. The van der Waals surface area contributed by atoms with Gasteiger partial charge in [0.1, 0.15) is 0 Å². The zero-order valence-corrected chi connectivity index (χ0v) is 26.6. The second-order valence-electron chi connectivity index (χ2n) is 10.4. The third-order valence-corrected chi connectivity index (χ3v) is 9.46. The van der Waals surface area contributed by atoms with Crippen molar-refractivity contribution in [2.24, 2.45) is 5.92 Å². The van der Waals surface area contributed by atoms with Crippen LogP contribution in [0.2, 0.25) is 0 Å². The van der Waals surface area contributed by atoms with E-state index in [0.29, 0.717) is 16.8 Å². The predicted octanol–water partition coefficient (Wildman–Crippen LogP) is 2.38. The zero-order valence-electron chi connectivity index (χ0n) is 24.9. The number of hydrogen-bond acceptors (Lipinski definition) is 11. The van der Waals surface area contributed by atoms with Gasteiger partial charge < -0.3 is 16.8 Å². The van der Waals surface area contributed by atoms with Crippen molar-refractivity contribution in [1.82, 2.24) is 19.4 Å². The highest BCUT2D eigenvalue weighted by molar-refractivity contribution is 7.90. The van der Waals surface area contributed by atoms with E-state index in [1.807, 2.05) is 23.8 Å². The Morgan fingerprint density at radius 1 is 0.848 bits per heavy atom. The van der Waals surface area contributed by atoms with Gasteiger partial charge in [0.15, 0.2) is 11.5 Å². The summed E-state index contributed by atoms with van der Waals surface area (Å²) in [4.78, 5) is 45.5. The number of aryl methyl sites for hydroxylation is 1. The average Bonchev–Trinajstić information content (AvgIpc) is 2.97. The number of amides is 3. The number of rotatable bonds is 10. The molecule has 1 aromatic heterocycles. The molecule has 14 nitrogen and oxygen atoms in total. The first-order valence-electron chi connectivity index (χ1n) is 13.6. The van der Waals surface area contributed by atoms with Crippen molar-refractivity contribution in [3.05, 3.63) is 89.7 Å². The van der Waals surface area contributed by atoms with E-state index in [0.717, 1.165) is 12.5 Å². The van der Waals surface area contributed by atoms with Crippen LogP contribution in [0.3, 0.4) is 0 Å². The minimum absolute atomic E-state index is 0.104. The Labute approximate surface area is 265 Å². The highest BCUT2D eigenvalue weighted by atomic mass is 32.2. The molecule has 0 radical (unpaired) electrons. The van der Waals surface area contributed by atoms with E-state index in [4.69, 9.17) is 11.5 Å². The molecule has 0 aliphatic heterocycles. The van der Waals surface area contributed by atoms with E-state index < -0.39 is 43.7 Å². The van der Waals surface area contributed by atoms with Gasteiger partial charge in [-0.25, -0.2) is 36.2 Å². The van der Waals surface area contributed by atoms with E-state index in [-0.39, 0.29) is 39.1 Å². The Kier molecular flexibility index (Phi) is 9.72. The zero-order chi connectivity index (χ0) is 33.8. The van der Waals surface area contributed by atoms with Crippen LogP contribution in [0, 0.1) is 12.8 Å². The summed E-state index contributed by atoms with van der Waals surface area (Å²) in [6.45, 7) is 4.50. The van der Waals surface area contributed by atoms with E-state index in [9.17, 15) is 31.2 Å². The fourth-order valence-electron chi connectivity index (χ4n) is 4.35. The van der Waals surface area contributed by atoms with Gasteiger partial charge in [-0.3, -0.25) is 14.4 Å². The van der Waals surface area contributed by atoms with Crippen molar-refractivity contribution >= 4 is 55.0 Å². The first kappa shape index (κ1) is 33.5. The highest BCUT2D eigenvalue weighted by Crippen LogP contribution is 2.27. The fraction of sp³-hybridized carbons (Fsp3) is 0.167. The van der Waals surface area contributed by atoms with Gasteiger partial charge in [-0.1, -0.05) is 30.7 Å². The maximum absolute atomic E-state index is 13.1. The molecule has 1 atom stereocenters. The topological polar surface area (TPSA) is 233 Å². The lowest BCUT2D eigenvalue weighted by Gasteiger charge is -2.16. The molecule has 0 saturated heterocycles. The van der Waals surface area contributed by atoms with Crippen LogP contribution < -0.4 is 26.2 Å². The number of nitrogens with zero attached hydrogens (tertiary/aromatic N) is 2. The molecule has 46 heavy (non-hydrogen) atoms. The van der Waals surface area contributed by atoms with Crippen LogP contribution in [0.4, 0.5) is 17.2 Å². The number of hydrogen-bond donors (Lipinski definition) is 5. The van der Waals surface area contributed by atoms with Crippen molar-refractivity contribution in [2.75, 3.05) is 16.8 Å². The molecule has 3 aromatic carbocycles. The molecular formula is C30H31N7O7S2. The molecule has 0 fully saturated rings. The van der Waals surface area contributed by atoms with Crippen LogP contribution >= 0.6 is 0 Å². The maximum Gasteiger partial charge on any atom is 0.278 e. The van der Waals surface area contributed by atoms with Crippen molar-refractivity contribution in [2.45, 2.75) is 37.0 Å². The standard InChI is InChI=1S/C30H31N7O7S2/c1-17-4-13-25(20(14-17)15-18(2)29(39)37-46(43,44)23-9-5-21(31)6-10-23)26-16-33-28(32)27(35-26)30(40)34-22-7-11-24(12-8-22)45(41,42)36-19(3)38/h4-14,16,18H,15,31H2,1-3H3,(H2,32,33)(H,34,40)(H,36,38)(H,37,39). The van der Waals surface area contributed by atoms with Crippen molar-refractivity contribution in [1.29, 1.82) is 0 Å². The summed E-state index contributed by atoms with van der Waals surface area (Å²) in [6, 6.07) is 15.9. The Morgan fingerprint density at radius 2 is 1.43 bits per heavy atom. The maximum atomic E-state index is 13.1. The average molecular weight is 666 g/mol. The van der Waals surface area contributed by atoms with Crippen LogP contribution in [0.15, 0.2) is 82.7 Å². The Balaban J connectivity index is 1.55. The Bertz CT molecular complexity index is 2030. The summed E-state index contributed by atoms with van der Waals surface area (Å²) >= 11 is 0. The minimum Gasteiger partial charge on any atom is -0.399 e. The Hall–Kier alpha value is -5.35. The predicted molar refractivity (Wildman–Crippen MR) is 171 cm³/mol. The number of anilines is 3. The van der Waals surface area contributed by atoms with Crippen LogP contribution in [0.5, 0.6) is 0 Å². The first-order valence-corrected chi connectivity index (χ1v) is 16.6. The van der Waals surface area contributed by atoms with E-state index >= 15 is 0 Å². The number of carbonyl (C=O) groups is 3. The summed E-state index contributed by atoms with van der Waals surface area (Å²) < 4.78 is 53.8. The van der Waals surface area contributed by atoms with Crippen molar-refractivity contribution in [3.63, 3.8) is 0 Å². The minimum atomic E-state index is -4.13. The molecule has 3 amide bonds. The van der Waals surface area contributed by atoms with Crippen LogP contribution in [0.25, 0.3) is 11.3 Å². The second-order valence-corrected chi connectivity index (χ2v) is 13.8. The molecule has 1 unspecified atom stereocenters. The molecule has 4 rings (SSSR count). The van der Waals surface area contributed by atoms with Crippen molar-refractivity contribution < 1.29 is 31.2 Å². The number of nitrogens with one attached hydrogen (secondary N) is 3. The first-order chi connectivity index (χ1) is 21.6. The lowest BCUT2D eigenvalue weighted by atomic mass is 9.93. The third-order valence-electron chi connectivity index (χ3n) is 6.65. The number of carbonyl (C=O) groups excluding carboxylic acids is 3. The largest absolute Gasteiger partial charge is 0.399 e. The normalized spacial score (nSPS) is 12.2. The molecule has 0 spiro atoms. The molecule has 4 aromatic rings. The summed E-state index contributed by atoms with van der Waals surface area (Å²) in [5.41, 5.74) is 14.3.